The standard InChI is InChI=1S/C22H21F6NO4S/c23-21(24,25)13-29-34(31,32)19-6-7-20(33-12-14-4-5-14)16(11-19)10-18(30)9-15-2-1-3-17(8-15)22(26,27)28/h1-3,6-8,11,14,29H,4-5,9-10,12-13H2. The zero-order valence-electron chi connectivity index (χ0n) is 17.7. The zero-order valence-corrected chi connectivity index (χ0v) is 18.5. The summed E-state index contributed by atoms with van der Waals surface area (Å²) < 4.78 is 108. The fourth-order valence-corrected chi connectivity index (χ4v) is 4.18. The average molecular weight is 509 g/mol. The van der Waals surface area contributed by atoms with Gasteiger partial charge in [0.2, 0.25) is 10.0 Å². The Kier molecular flexibility index (Phi) is 7.61. The molecule has 0 unspecified atom stereocenters. The van der Waals surface area contributed by atoms with Crippen LogP contribution in [0.2, 0.25) is 0 Å². The number of benzene rings is 2. The molecule has 34 heavy (non-hydrogen) atoms. The average Bonchev–Trinajstić information content (AvgIpc) is 3.55. The van der Waals surface area contributed by atoms with Crippen LogP contribution in [-0.2, 0) is 33.8 Å². The summed E-state index contributed by atoms with van der Waals surface area (Å²) in [7, 11) is -4.53. The predicted octanol–water partition coefficient (Wildman–Crippen LogP) is 4.69. The van der Waals surface area contributed by atoms with E-state index in [1.807, 2.05) is 0 Å². The van der Waals surface area contributed by atoms with Gasteiger partial charge in [0.25, 0.3) is 0 Å². The van der Waals surface area contributed by atoms with Gasteiger partial charge in [-0.15, -0.1) is 0 Å². The molecule has 2 aromatic carbocycles. The second-order valence-corrected chi connectivity index (χ2v) is 9.82. The normalized spacial score (nSPS) is 14.8. The quantitative estimate of drug-likeness (QED) is 0.472. The van der Waals surface area contributed by atoms with Gasteiger partial charge in [0, 0.05) is 18.4 Å². The van der Waals surface area contributed by atoms with Crippen LogP contribution in [-0.4, -0.2) is 33.5 Å². The summed E-state index contributed by atoms with van der Waals surface area (Å²) >= 11 is 0. The summed E-state index contributed by atoms with van der Waals surface area (Å²) in [6.45, 7) is -1.44. The number of sulfonamides is 1. The number of ketones is 1. The zero-order chi connectivity index (χ0) is 25.1. The van der Waals surface area contributed by atoms with Crippen LogP contribution in [0.5, 0.6) is 5.75 Å². The molecule has 5 nitrogen and oxygen atoms in total. The molecule has 3 rings (SSSR count). The molecule has 0 atom stereocenters. The van der Waals surface area contributed by atoms with Crippen molar-refractivity contribution in [1.82, 2.24) is 4.72 Å². The molecule has 1 fully saturated rings. The Balaban J connectivity index is 1.81. The largest absolute Gasteiger partial charge is 0.493 e. The van der Waals surface area contributed by atoms with Crippen molar-refractivity contribution in [3.05, 3.63) is 59.2 Å². The van der Waals surface area contributed by atoms with E-state index in [1.54, 1.807) is 0 Å². The van der Waals surface area contributed by atoms with Gasteiger partial charge in [0.15, 0.2) is 0 Å². The fraction of sp³-hybridized carbons (Fsp3) is 0.409. The van der Waals surface area contributed by atoms with Crippen molar-refractivity contribution in [2.75, 3.05) is 13.2 Å². The van der Waals surface area contributed by atoms with Crippen molar-refractivity contribution >= 4 is 15.8 Å². The van der Waals surface area contributed by atoms with Crippen LogP contribution in [0.1, 0.15) is 29.5 Å². The lowest BCUT2D eigenvalue weighted by Gasteiger charge is -2.14. The minimum atomic E-state index is -4.76. The van der Waals surface area contributed by atoms with Crippen LogP contribution in [0.4, 0.5) is 26.3 Å². The summed E-state index contributed by atoms with van der Waals surface area (Å²) in [5, 5.41) is 0. The lowest BCUT2D eigenvalue weighted by atomic mass is 10.0. The van der Waals surface area contributed by atoms with E-state index in [-0.39, 0.29) is 29.7 Å². The van der Waals surface area contributed by atoms with E-state index in [0.29, 0.717) is 12.5 Å². The number of Topliss-reactive ketones (excluding diaryl/α,β-unsaturated/α-hetero) is 1. The fourth-order valence-electron chi connectivity index (χ4n) is 3.11. The molecule has 186 valence electrons. The first-order valence-electron chi connectivity index (χ1n) is 10.2. The summed E-state index contributed by atoms with van der Waals surface area (Å²) in [6, 6.07) is 7.64. The minimum Gasteiger partial charge on any atom is -0.493 e. The highest BCUT2D eigenvalue weighted by molar-refractivity contribution is 7.89. The first kappa shape index (κ1) is 26.0. The molecule has 0 aromatic heterocycles. The Labute approximate surface area is 192 Å². The summed E-state index contributed by atoms with van der Waals surface area (Å²) in [5.41, 5.74) is -0.668. The highest BCUT2D eigenvalue weighted by Crippen LogP contribution is 2.32. The highest BCUT2D eigenvalue weighted by Gasteiger charge is 2.31. The molecule has 0 aliphatic heterocycles. The van der Waals surface area contributed by atoms with Crippen molar-refractivity contribution in [3.8, 4) is 5.75 Å². The smallest absolute Gasteiger partial charge is 0.416 e. The number of hydrogen-bond acceptors (Lipinski definition) is 4. The van der Waals surface area contributed by atoms with E-state index in [2.05, 4.69) is 0 Å². The van der Waals surface area contributed by atoms with E-state index in [9.17, 15) is 39.6 Å². The Morgan fingerprint density at radius 3 is 2.32 bits per heavy atom. The van der Waals surface area contributed by atoms with Crippen molar-refractivity contribution in [2.24, 2.45) is 5.92 Å². The minimum absolute atomic E-state index is 0.118. The van der Waals surface area contributed by atoms with Gasteiger partial charge in [0.05, 0.1) is 17.1 Å². The maximum Gasteiger partial charge on any atom is 0.416 e. The number of alkyl halides is 6. The molecule has 1 saturated carbocycles. The predicted molar refractivity (Wildman–Crippen MR) is 110 cm³/mol. The summed E-state index contributed by atoms with van der Waals surface area (Å²) in [4.78, 5) is 12.1. The van der Waals surface area contributed by atoms with Crippen LogP contribution < -0.4 is 9.46 Å². The van der Waals surface area contributed by atoms with Gasteiger partial charge in [-0.05, 0) is 48.6 Å². The first-order valence-corrected chi connectivity index (χ1v) is 11.7. The molecule has 12 heteroatoms. The Hall–Kier alpha value is -2.60. The molecular formula is C22H21F6NO4S. The van der Waals surface area contributed by atoms with Crippen molar-refractivity contribution in [2.45, 2.75) is 42.9 Å². The van der Waals surface area contributed by atoms with Gasteiger partial charge in [-0.1, -0.05) is 18.2 Å². The number of hydrogen-bond donors (Lipinski definition) is 1. The highest BCUT2D eigenvalue weighted by atomic mass is 32.2. The SMILES string of the molecule is O=C(Cc1cccc(C(F)(F)F)c1)Cc1cc(S(=O)(=O)NCC(F)(F)F)ccc1OCC1CC1. The molecule has 0 bridgehead atoms. The Morgan fingerprint density at radius 2 is 1.71 bits per heavy atom. The van der Waals surface area contributed by atoms with Crippen LogP contribution >= 0.6 is 0 Å². The molecule has 2 aromatic rings. The molecule has 0 spiro atoms. The second-order valence-electron chi connectivity index (χ2n) is 8.05. The molecule has 1 N–H and O–H groups in total. The molecule has 0 radical (unpaired) electrons. The molecule has 1 aliphatic rings. The van der Waals surface area contributed by atoms with Gasteiger partial charge >= 0.3 is 12.4 Å². The van der Waals surface area contributed by atoms with Crippen molar-refractivity contribution in [1.29, 1.82) is 0 Å². The molecule has 0 saturated heterocycles. The monoisotopic (exact) mass is 509 g/mol. The number of halogens is 6. The van der Waals surface area contributed by atoms with E-state index in [0.717, 1.165) is 37.1 Å². The number of nitrogens with one attached hydrogen (secondary N) is 1. The van der Waals surface area contributed by atoms with Gasteiger partial charge in [-0.25, -0.2) is 13.1 Å². The van der Waals surface area contributed by atoms with Gasteiger partial charge in [-0.2, -0.15) is 26.3 Å². The van der Waals surface area contributed by atoms with Crippen molar-refractivity contribution < 1.29 is 44.3 Å². The lowest BCUT2D eigenvalue weighted by Crippen LogP contribution is -2.33. The first-order chi connectivity index (χ1) is 15.7. The van der Waals surface area contributed by atoms with Crippen LogP contribution in [0, 0.1) is 5.92 Å². The van der Waals surface area contributed by atoms with Crippen molar-refractivity contribution in [3.63, 3.8) is 0 Å². The van der Waals surface area contributed by atoms with E-state index in [4.69, 9.17) is 4.74 Å². The topological polar surface area (TPSA) is 72.5 Å². The number of carbonyl (C=O) groups excluding carboxylic acids is 1. The Bertz CT molecular complexity index is 1140. The molecule has 0 heterocycles. The van der Waals surface area contributed by atoms with E-state index >= 15 is 0 Å². The van der Waals surface area contributed by atoms with Crippen LogP contribution in [0.25, 0.3) is 0 Å². The maximum atomic E-state index is 12.9. The van der Waals surface area contributed by atoms with Crippen LogP contribution in [0.15, 0.2) is 47.4 Å². The van der Waals surface area contributed by atoms with E-state index in [1.165, 1.54) is 22.9 Å². The van der Waals surface area contributed by atoms with Gasteiger partial charge < -0.3 is 4.74 Å². The number of ether oxygens (including phenoxy) is 1. The third kappa shape index (κ3) is 7.73. The molecular weight excluding hydrogens is 488 g/mol. The second kappa shape index (κ2) is 9.95. The third-order valence-corrected chi connectivity index (χ3v) is 6.42. The van der Waals surface area contributed by atoms with E-state index < -0.39 is 45.2 Å². The molecule has 1 aliphatic carbocycles. The van der Waals surface area contributed by atoms with Gasteiger partial charge in [-0.3, -0.25) is 4.79 Å². The summed E-state index contributed by atoms with van der Waals surface area (Å²) in [5.74, 6) is -0.00187. The van der Waals surface area contributed by atoms with Crippen LogP contribution in [0.3, 0.4) is 0 Å². The molecule has 0 amide bonds. The lowest BCUT2D eigenvalue weighted by molar-refractivity contribution is -0.137. The summed E-state index contributed by atoms with van der Waals surface area (Å²) in [6.07, 6.45) is -8.15. The number of rotatable bonds is 10. The Morgan fingerprint density at radius 1 is 1.00 bits per heavy atom. The van der Waals surface area contributed by atoms with Gasteiger partial charge in [0.1, 0.15) is 18.1 Å². The maximum absolute atomic E-state index is 12.9. The third-order valence-electron chi connectivity index (χ3n) is 5.02. The number of carbonyl (C=O) groups is 1.